The molecule has 4 nitrogen and oxygen atoms in total. The van der Waals surface area contributed by atoms with E-state index >= 15 is 0 Å². The van der Waals surface area contributed by atoms with Crippen molar-refractivity contribution in [3.8, 4) is 0 Å². The number of carbonyl (C=O) groups excluding carboxylic acids is 1. The van der Waals surface area contributed by atoms with Crippen LogP contribution in [0.1, 0.15) is 37.7 Å². The van der Waals surface area contributed by atoms with Gasteiger partial charge in [-0.2, -0.15) is 0 Å². The van der Waals surface area contributed by atoms with Gasteiger partial charge in [0.2, 0.25) is 5.91 Å². The summed E-state index contributed by atoms with van der Waals surface area (Å²) in [5, 5.41) is 12.2. The van der Waals surface area contributed by atoms with Crippen molar-refractivity contribution in [1.82, 2.24) is 5.32 Å². The minimum Gasteiger partial charge on any atom is -0.480 e. The van der Waals surface area contributed by atoms with Gasteiger partial charge in [-0.3, -0.25) is 4.79 Å². The molecule has 0 atom stereocenters. The first kappa shape index (κ1) is 15.0. The minimum absolute atomic E-state index is 0.211. The number of nitrogens with one attached hydrogen (secondary N) is 1. The predicted octanol–water partition coefficient (Wildman–Crippen LogP) is 2.90. The van der Waals surface area contributed by atoms with E-state index in [9.17, 15) is 14.7 Å². The topological polar surface area (TPSA) is 66.4 Å². The van der Waals surface area contributed by atoms with Crippen molar-refractivity contribution in [1.29, 1.82) is 0 Å². The molecule has 1 aliphatic rings. The number of aliphatic carboxylic acids is 1. The summed E-state index contributed by atoms with van der Waals surface area (Å²) in [7, 11) is 0. The van der Waals surface area contributed by atoms with Crippen LogP contribution in [-0.4, -0.2) is 22.5 Å². The van der Waals surface area contributed by atoms with E-state index in [1.54, 1.807) is 0 Å². The molecule has 1 aromatic carbocycles. The van der Waals surface area contributed by atoms with Crippen LogP contribution in [0.3, 0.4) is 0 Å². The van der Waals surface area contributed by atoms with Crippen LogP contribution in [-0.2, 0) is 16.0 Å². The SMILES string of the molecule is O=C(Cc1ccc(Br)cc1)NC1(C(=O)O)CCCCC1. The maximum atomic E-state index is 12.1. The van der Waals surface area contributed by atoms with Gasteiger partial charge in [-0.05, 0) is 30.5 Å². The quantitative estimate of drug-likeness (QED) is 0.886. The molecule has 1 saturated carbocycles. The van der Waals surface area contributed by atoms with Crippen LogP contribution >= 0.6 is 15.9 Å². The number of carboxylic acid groups (broad SMARTS) is 1. The second-order valence-corrected chi connectivity index (χ2v) is 6.22. The summed E-state index contributed by atoms with van der Waals surface area (Å²) in [5.74, 6) is -1.14. The first-order chi connectivity index (χ1) is 9.52. The highest BCUT2D eigenvalue weighted by molar-refractivity contribution is 9.10. The second kappa shape index (κ2) is 6.39. The van der Waals surface area contributed by atoms with Gasteiger partial charge in [0.1, 0.15) is 5.54 Å². The molecule has 2 N–H and O–H groups in total. The van der Waals surface area contributed by atoms with Gasteiger partial charge in [0.15, 0.2) is 0 Å². The van der Waals surface area contributed by atoms with Crippen LogP contribution in [0, 0.1) is 0 Å². The Hall–Kier alpha value is -1.36. The van der Waals surface area contributed by atoms with Gasteiger partial charge in [0.05, 0.1) is 6.42 Å². The normalized spacial score (nSPS) is 17.4. The van der Waals surface area contributed by atoms with Gasteiger partial charge >= 0.3 is 5.97 Å². The lowest BCUT2D eigenvalue weighted by Crippen LogP contribution is -2.55. The van der Waals surface area contributed by atoms with Crippen molar-refractivity contribution in [2.24, 2.45) is 0 Å². The van der Waals surface area contributed by atoms with E-state index in [2.05, 4.69) is 21.2 Å². The van der Waals surface area contributed by atoms with Gasteiger partial charge in [-0.15, -0.1) is 0 Å². The molecule has 20 heavy (non-hydrogen) atoms. The summed E-state index contributed by atoms with van der Waals surface area (Å²) in [6, 6.07) is 7.46. The van der Waals surface area contributed by atoms with E-state index < -0.39 is 11.5 Å². The fourth-order valence-corrected chi connectivity index (χ4v) is 2.91. The summed E-state index contributed by atoms with van der Waals surface area (Å²) in [4.78, 5) is 23.6. The summed E-state index contributed by atoms with van der Waals surface area (Å²) >= 11 is 3.34. The van der Waals surface area contributed by atoms with Crippen molar-refractivity contribution in [2.45, 2.75) is 44.1 Å². The van der Waals surface area contributed by atoms with E-state index in [-0.39, 0.29) is 12.3 Å². The number of hydrogen-bond acceptors (Lipinski definition) is 2. The Labute approximate surface area is 126 Å². The first-order valence-corrected chi connectivity index (χ1v) is 7.60. The number of rotatable bonds is 4. The van der Waals surface area contributed by atoms with Crippen molar-refractivity contribution in [3.63, 3.8) is 0 Å². The number of carbonyl (C=O) groups is 2. The zero-order chi connectivity index (χ0) is 14.6. The number of hydrogen-bond donors (Lipinski definition) is 2. The van der Waals surface area contributed by atoms with E-state index in [1.165, 1.54) is 0 Å². The molecule has 0 aliphatic heterocycles. The highest BCUT2D eigenvalue weighted by Gasteiger charge is 2.40. The van der Waals surface area contributed by atoms with Crippen molar-refractivity contribution >= 4 is 27.8 Å². The molecule has 0 unspecified atom stereocenters. The summed E-state index contributed by atoms with van der Waals surface area (Å²) < 4.78 is 0.955. The lowest BCUT2D eigenvalue weighted by Gasteiger charge is -2.34. The smallest absolute Gasteiger partial charge is 0.329 e. The molecule has 1 aliphatic carbocycles. The number of carboxylic acids is 1. The molecule has 0 spiro atoms. The van der Waals surface area contributed by atoms with Crippen LogP contribution in [0.2, 0.25) is 0 Å². The highest BCUT2D eigenvalue weighted by atomic mass is 79.9. The Balaban J connectivity index is 2.01. The first-order valence-electron chi connectivity index (χ1n) is 6.81. The van der Waals surface area contributed by atoms with Crippen LogP contribution in [0.5, 0.6) is 0 Å². The van der Waals surface area contributed by atoms with Crippen LogP contribution < -0.4 is 5.32 Å². The van der Waals surface area contributed by atoms with Gasteiger partial charge in [0.25, 0.3) is 0 Å². The zero-order valence-electron chi connectivity index (χ0n) is 11.2. The van der Waals surface area contributed by atoms with E-state index in [0.29, 0.717) is 12.8 Å². The third-order valence-electron chi connectivity index (χ3n) is 3.77. The lowest BCUT2D eigenvalue weighted by molar-refractivity contribution is -0.149. The second-order valence-electron chi connectivity index (χ2n) is 5.30. The maximum Gasteiger partial charge on any atom is 0.329 e. The maximum absolute atomic E-state index is 12.1. The van der Waals surface area contributed by atoms with Gasteiger partial charge in [-0.25, -0.2) is 4.79 Å². The number of halogens is 1. The molecule has 1 fully saturated rings. The standard InChI is InChI=1S/C15H18BrNO3/c16-12-6-4-11(5-7-12)10-13(18)17-15(14(19)20)8-2-1-3-9-15/h4-7H,1-3,8-10H2,(H,17,18)(H,19,20). The highest BCUT2D eigenvalue weighted by Crippen LogP contribution is 2.28. The molecular formula is C15H18BrNO3. The monoisotopic (exact) mass is 339 g/mol. The summed E-state index contributed by atoms with van der Waals surface area (Å²) in [6.45, 7) is 0. The molecule has 0 bridgehead atoms. The molecule has 1 amide bonds. The molecule has 2 rings (SSSR count). The number of amides is 1. The average molecular weight is 340 g/mol. The predicted molar refractivity (Wildman–Crippen MR) is 79.4 cm³/mol. The Morgan fingerprint density at radius 1 is 1.15 bits per heavy atom. The zero-order valence-corrected chi connectivity index (χ0v) is 12.8. The number of benzene rings is 1. The molecule has 0 saturated heterocycles. The lowest BCUT2D eigenvalue weighted by atomic mass is 9.81. The molecule has 108 valence electrons. The van der Waals surface area contributed by atoms with Gasteiger partial charge < -0.3 is 10.4 Å². The third-order valence-corrected chi connectivity index (χ3v) is 4.30. The summed E-state index contributed by atoms with van der Waals surface area (Å²) in [6.07, 6.45) is 4.00. The molecule has 5 heteroatoms. The average Bonchev–Trinajstić information content (AvgIpc) is 2.42. The summed E-state index contributed by atoms with van der Waals surface area (Å²) in [5.41, 5.74) is -0.188. The van der Waals surface area contributed by atoms with Crippen LogP contribution in [0.4, 0.5) is 0 Å². The van der Waals surface area contributed by atoms with E-state index in [1.807, 2.05) is 24.3 Å². The van der Waals surface area contributed by atoms with Crippen molar-refractivity contribution in [3.05, 3.63) is 34.3 Å². The largest absolute Gasteiger partial charge is 0.480 e. The van der Waals surface area contributed by atoms with Crippen molar-refractivity contribution in [2.75, 3.05) is 0 Å². The van der Waals surface area contributed by atoms with Crippen LogP contribution in [0.15, 0.2) is 28.7 Å². The Bertz CT molecular complexity index is 492. The van der Waals surface area contributed by atoms with E-state index in [0.717, 1.165) is 29.3 Å². The van der Waals surface area contributed by atoms with Crippen molar-refractivity contribution < 1.29 is 14.7 Å². The Kier molecular flexibility index (Phi) is 4.81. The molecular weight excluding hydrogens is 322 g/mol. The molecule has 1 aromatic rings. The fourth-order valence-electron chi connectivity index (χ4n) is 2.65. The minimum atomic E-state index is -1.06. The van der Waals surface area contributed by atoms with Crippen LogP contribution in [0.25, 0.3) is 0 Å². The molecule has 0 aromatic heterocycles. The van der Waals surface area contributed by atoms with Gasteiger partial charge in [0, 0.05) is 4.47 Å². The van der Waals surface area contributed by atoms with Gasteiger partial charge in [-0.1, -0.05) is 47.3 Å². The third kappa shape index (κ3) is 3.60. The molecule has 0 heterocycles. The molecule has 0 radical (unpaired) electrons. The Morgan fingerprint density at radius 2 is 1.75 bits per heavy atom. The fraction of sp³-hybridized carbons (Fsp3) is 0.467. The Morgan fingerprint density at radius 3 is 2.30 bits per heavy atom. The van der Waals surface area contributed by atoms with E-state index in [4.69, 9.17) is 0 Å².